The van der Waals surface area contributed by atoms with Crippen molar-refractivity contribution in [2.75, 3.05) is 21.3 Å². The average molecular weight is 459 g/mol. The van der Waals surface area contributed by atoms with Gasteiger partial charge in [-0.3, -0.25) is 0 Å². The maximum absolute atomic E-state index is 12.0. The van der Waals surface area contributed by atoms with E-state index in [1.54, 1.807) is 28.3 Å². The fourth-order valence-electron chi connectivity index (χ4n) is 3.80. The summed E-state index contributed by atoms with van der Waals surface area (Å²) < 4.78 is 22.2. The summed E-state index contributed by atoms with van der Waals surface area (Å²) in [7, 11) is 2.18. The molecular weight excluding hydrogens is 408 g/mol. The van der Waals surface area contributed by atoms with Gasteiger partial charge in [0.1, 0.15) is 6.10 Å². The third-order valence-corrected chi connectivity index (χ3v) is 8.72. The summed E-state index contributed by atoms with van der Waals surface area (Å²) in [5, 5.41) is 0. The first-order valence-corrected chi connectivity index (χ1v) is 14.4. The molecule has 1 atom stereocenters. The second-order valence-corrected chi connectivity index (χ2v) is 11.8. The van der Waals surface area contributed by atoms with E-state index in [9.17, 15) is 4.79 Å². The first-order chi connectivity index (χ1) is 14.9. The molecule has 184 valence electrons. The molecular formula is C25H50O5Si. The molecule has 0 amide bonds. The number of rotatable bonds is 22. The first-order valence-electron chi connectivity index (χ1n) is 12.5. The molecule has 0 aromatic carbocycles. The summed E-state index contributed by atoms with van der Waals surface area (Å²) in [6.45, 7) is 7.65. The minimum atomic E-state index is -2.66. The Morgan fingerprint density at radius 1 is 0.742 bits per heavy atom. The maximum Gasteiger partial charge on any atom is 0.500 e. The average Bonchev–Trinajstić information content (AvgIpc) is 2.77. The Kier molecular flexibility index (Phi) is 19.5. The molecule has 0 aromatic heterocycles. The Labute approximate surface area is 193 Å². The predicted octanol–water partition coefficient (Wildman–Crippen LogP) is 7.22. The molecule has 31 heavy (non-hydrogen) atoms. The molecule has 1 unspecified atom stereocenters. The molecule has 0 aliphatic rings. The van der Waals surface area contributed by atoms with E-state index in [0.29, 0.717) is 18.0 Å². The van der Waals surface area contributed by atoms with Crippen LogP contribution < -0.4 is 0 Å². The fraction of sp³-hybridized carbons (Fsp3) is 0.880. The van der Waals surface area contributed by atoms with Crippen LogP contribution in [0.2, 0.25) is 6.04 Å². The number of esters is 1. The zero-order valence-electron chi connectivity index (χ0n) is 21.1. The van der Waals surface area contributed by atoms with Crippen LogP contribution in [0, 0.1) is 0 Å². The lowest BCUT2D eigenvalue weighted by molar-refractivity contribution is -0.144. The summed E-state index contributed by atoms with van der Waals surface area (Å²) in [5.41, 5.74) is 0.434. The zero-order chi connectivity index (χ0) is 23.4. The molecule has 5 nitrogen and oxygen atoms in total. The molecule has 0 fully saturated rings. The Morgan fingerprint density at radius 3 is 1.55 bits per heavy atom. The van der Waals surface area contributed by atoms with E-state index < -0.39 is 8.80 Å². The third kappa shape index (κ3) is 15.7. The minimum absolute atomic E-state index is 0.149. The van der Waals surface area contributed by atoms with Crippen LogP contribution in [0.1, 0.15) is 110 Å². The van der Waals surface area contributed by atoms with Crippen LogP contribution in [0.15, 0.2) is 12.2 Å². The number of carbonyl (C=O) groups excluding carboxylic acids is 1. The van der Waals surface area contributed by atoms with Gasteiger partial charge in [0.25, 0.3) is 0 Å². The van der Waals surface area contributed by atoms with E-state index in [-0.39, 0.29) is 12.1 Å². The number of hydrogen-bond donors (Lipinski definition) is 0. The highest BCUT2D eigenvalue weighted by Gasteiger charge is 2.38. The molecule has 0 aromatic rings. The topological polar surface area (TPSA) is 54.0 Å². The largest absolute Gasteiger partial charge is 0.500 e. The van der Waals surface area contributed by atoms with Crippen LogP contribution in [0.4, 0.5) is 0 Å². The standard InChI is InChI=1S/C25H50O5Si/c1-7-8-9-10-11-12-13-14-15-16-17-18-19-20-24(30-25(26)23(2)3)21-22-31(27-4,28-5)29-6/h24H,2,7-22H2,1,3-6H3. The Morgan fingerprint density at radius 2 is 1.16 bits per heavy atom. The van der Waals surface area contributed by atoms with Crippen molar-refractivity contribution in [2.45, 2.75) is 122 Å². The SMILES string of the molecule is C=C(C)C(=O)OC(CCCCCCCCCCCCCCC)CC[Si](OC)(OC)OC. The van der Waals surface area contributed by atoms with Crippen molar-refractivity contribution in [1.82, 2.24) is 0 Å². The molecule has 0 heterocycles. The van der Waals surface area contributed by atoms with Crippen molar-refractivity contribution in [3.05, 3.63) is 12.2 Å². The number of carbonyl (C=O) groups is 1. The van der Waals surface area contributed by atoms with Crippen LogP contribution in [-0.4, -0.2) is 42.2 Å². The van der Waals surface area contributed by atoms with Gasteiger partial charge in [0.2, 0.25) is 0 Å². The molecule has 0 N–H and O–H groups in total. The lowest BCUT2D eigenvalue weighted by Crippen LogP contribution is -2.43. The molecule has 0 spiro atoms. The summed E-state index contributed by atoms with van der Waals surface area (Å²) in [5.74, 6) is -0.320. The van der Waals surface area contributed by atoms with Gasteiger partial charge in [-0.1, -0.05) is 90.6 Å². The van der Waals surface area contributed by atoms with E-state index >= 15 is 0 Å². The summed E-state index contributed by atoms with van der Waals surface area (Å²) in [4.78, 5) is 12.0. The molecule has 0 aliphatic carbocycles. The van der Waals surface area contributed by atoms with Gasteiger partial charge < -0.3 is 18.0 Å². The maximum atomic E-state index is 12.0. The Balaban J connectivity index is 4.04. The van der Waals surface area contributed by atoms with Gasteiger partial charge >= 0.3 is 14.8 Å². The quantitative estimate of drug-likeness (QED) is 0.0741. The molecule has 0 saturated carbocycles. The lowest BCUT2D eigenvalue weighted by Gasteiger charge is -2.26. The van der Waals surface area contributed by atoms with Gasteiger partial charge in [-0.15, -0.1) is 0 Å². The highest BCUT2D eigenvalue weighted by atomic mass is 28.4. The predicted molar refractivity (Wildman–Crippen MR) is 131 cm³/mol. The van der Waals surface area contributed by atoms with Gasteiger partial charge in [-0.2, -0.15) is 0 Å². The van der Waals surface area contributed by atoms with Crippen LogP contribution in [0.5, 0.6) is 0 Å². The monoisotopic (exact) mass is 458 g/mol. The fourth-order valence-corrected chi connectivity index (χ4v) is 5.59. The van der Waals surface area contributed by atoms with Crippen LogP contribution in [0.25, 0.3) is 0 Å². The highest BCUT2D eigenvalue weighted by molar-refractivity contribution is 6.60. The Bertz CT molecular complexity index is 443. The zero-order valence-corrected chi connectivity index (χ0v) is 22.1. The van der Waals surface area contributed by atoms with Gasteiger partial charge in [-0.25, -0.2) is 4.79 Å². The molecule has 0 bridgehead atoms. The normalized spacial score (nSPS) is 12.7. The van der Waals surface area contributed by atoms with Crippen LogP contribution in [0.3, 0.4) is 0 Å². The molecule has 6 heteroatoms. The van der Waals surface area contributed by atoms with Crippen molar-refractivity contribution in [1.29, 1.82) is 0 Å². The van der Waals surface area contributed by atoms with E-state index in [1.165, 1.54) is 77.0 Å². The lowest BCUT2D eigenvalue weighted by atomic mass is 10.0. The van der Waals surface area contributed by atoms with E-state index in [2.05, 4.69) is 13.5 Å². The van der Waals surface area contributed by atoms with Crippen LogP contribution in [-0.2, 0) is 22.8 Å². The van der Waals surface area contributed by atoms with Crippen molar-refractivity contribution >= 4 is 14.8 Å². The van der Waals surface area contributed by atoms with Gasteiger partial charge in [-0.05, 0) is 26.2 Å². The minimum Gasteiger partial charge on any atom is -0.459 e. The van der Waals surface area contributed by atoms with Gasteiger partial charge in [0.15, 0.2) is 0 Å². The number of ether oxygens (including phenoxy) is 1. The second-order valence-electron chi connectivity index (χ2n) is 8.67. The van der Waals surface area contributed by atoms with E-state index in [1.807, 2.05) is 0 Å². The summed E-state index contributed by atoms with van der Waals surface area (Å²) in [6.07, 6.45) is 18.6. The molecule has 0 saturated heterocycles. The van der Waals surface area contributed by atoms with E-state index in [0.717, 1.165) is 12.8 Å². The number of hydrogen-bond acceptors (Lipinski definition) is 5. The van der Waals surface area contributed by atoms with Gasteiger partial charge in [0, 0.05) is 32.9 Å². The van der Waals surface area contributed by atoms with Crippen LogP contribution >= 0.6 is 0 Å². The molecule has 0 rings (SSSR count). The van der Waals surface area contributed by atoms with Crippen molar-refractivity contribution in [3.8, 4) is 0 Å². The summed E-state index contributed by atoms with van der Waals surface area (Å²) in [6, 6.07) is 0.628. The summed E-state index contributed by atoms with van der Waals surface area (Å²) >= 11 is 0. The van der Waals surface area contributed by atoms with Crippen molar-refractivity contribution in [2.24, 2.45) is 0 Å². The molecule has 0 radical (unpaired) electrons. The number of unbranched alkanes of at least 4 members (excludes halogenated alkanes) is 12. The molecule has 0 aliphatic heterocycles. The first kappa shape index (κ1) is 30.3. The Hall–Kier alpha value is -0.693. The van der Waals surface area contributed by atoms with E-state index in [4.69, 9.17) is 18.0 Å². The third-order valence-electron chi connectivity index (χ3n) is 5.96. The second kappa shape index (κ2) is 20.0. The van der Waals surface area contributed by atoms with Crippen molar-refractivity contribution in [3.63, 3.8) is 0 Å². The van der Waals surface area contributed by atoms with Crippen molar-refractivity contribution < 1.29 is 22.8 Å². The van der Waals surface area contributed by atoms with Gasteiger partial charge in [0.05, 0.1) is 0 Å². The smallest absolute Gasteiger partial charge is 0.459 e. The highest BCUT2D eigenvalue weighted by Crippen LogP contribution is 2.22.